The first-order valence-electron chi connectivity index (χ1n) is 8.94. The van der Waals surface area contributed by atoms with E-state index >= 15 is 0 Å². The number of anilines is 3. The topological polar surface area (TPSA) is 131 Å². The zero-order valence-corrected chi connectivity index (χ0v) is 17.4. The molecule has 0 atom stereocenters. The summed E-state index contributed by atoms with van der Waals surface area (Å²) in [5.41, 5.74) is 2.72. The smallest absolute Gasteiger partial charge is 0.417 e. The molecule has 1 amide bonds. The Morgan fingerprint density at radius 2 is 1.85 bits per heavy atom. The van der Waals surface area contributed by atoms with Crippen molar-refractivity contribution in [3.63, 3.8) is 0 Å². The molecule has 33 heavy (non-hydrogen) atoms. The molecule has 2 aromatic carbocycles. The molecule has 0 unspecified atom stereocenters. The van der Waals surface area contributed by atoms with Crippen molar-refractivity contribution in [1.29, 1.82) is 0 Å². The molecule has 0 radical (unpaired) electrons. The Hall–Kier alpha value is -4.13. The van der Waals surface area contributed by atoms with Gasteiger partial charge in [0.15, 0.2) is 0 Å². The van der Waals surface area contributed by atoms with Crippen LogP contribution < -0.4 is 20.9 Å². The van der Waals surface area contributed by atoms with E-state index in [2.05, 4.69) is 26.1 Å². The normalized spacial score (nSPS) is 10.9. The van der Waals surface area contributed by atoms with Crippen LogP contribution in [0.3, 0.4) is 0 Å². The number of para-hydroxylation sites is 1. The van der Waals surface area contributed by atoms with Crippen LogP contribution in [0.15, 0.2) is 48.8 Å². The number of carbonyl (C=O) groups is 1. The highest BCUT2D eigenvalue weighted by Crippen LogP contribution is 2.38. The minimum atomic E-state index is -4.73. The van der Waals surface area contributed by atoms with Crippen LogP contribution in [0.5, 0.6) is 5.75 Å². The van der Waals surface area contributed by atoms with Crippen molar-refractivity contribution in [2.24, 2.45) is 0 Å². The number of amides is 1. The molecule has 0 aliphatic rings. The number of nitrogens with one attached hydrogen (secondary N) is 3. The molecule has 14 heteroatoms. The molecule has 1 aromatic heterocycles. The van der Waals surface area contributed by atoms with Gasteiger partial charge in [-0.25, -0.2) is 9.97 Å². The van der Waals surface area contributed by atoms with Crippen LogP contribution >= 0.6 is 11.6 Å². The predicted molar refractivity (Wildman–Crippen MR) is 113 cm³/mol. The van der Waals surface area contributed by atoms with Gasteiger partial charge in [0.25, 0.3) is 5.91 Å². The number of rotatable bonds is 7. The highest BCUT2D eigenvalue weighted by atomic mass is 35.5. The van der Waals surface area contributed by atoms with Gasteiger partial charge in [-0.3, -0.25) is 25.8 Å². The summed E-state index contributed by atoms with van der Waals surface area (Å²) in [5, 5.41) is 13.6. The number of halogens is 4. The second-order valence-electron chi connectivity index (χ2n) is 6.27. The van der Waals surface area contributed by atoms with Crippen LogP contribution in [0.4, 0.5) is 36.2 Å². The highest BCUT2D eigenvalue weighted by molar-refractivity contribution is 6.31. The first-order valence-corrected chi connectivity index (χ1v) is 9.32. The zero-order valence-electron chi connectivity index (χ0n) is 16.6. The molecule has 0 saturated carbocycles. The van der Waals surface area contributed by atoms with E-state index in [1.54, 1.807) is 18.2 Å². The Balaban J connectivity index is 1.88. The van der Waals surface area contributed by atoms with Gasteiger partial charge in [0.1, 0.15) is 12.1 Å². The van der Waals surface area contributed by atoms with Crippen molar-refractivity contribution in [3.8, 4) is 5.75 Å². The van der Waals surface area contributed by atoms with Crippen LogP contribution in [-0.2, 0) is 6.18 Å². The molecule has 0 saturated heterocycles. The number of aromatic nitrogens is 2. The third-order valence-corrected chi connectivity index (χ3v) is 4.51. The molecule has 0 fully saturated rings. The zero-order chi connectivity index (χ0) is 24.2. The molecule has 1 heterocycles. The van der Waals surface area contributed by atoms with Crippen LogP contribution in [0.2, 0.25) is 5.02 Å². The van der Waals surface area contributed by atoms with Crippen LogP contribution in [0, 0.1) is 10.1 Å². The second-order valence-corrected chi connectivity index (χ2v) is 6.68. The summed E-state index contributed by atoms with van der Waals surface area (Å²) in [4.78, 5) is 30.7. The van der Waals surface area contributed by atoms with Gasteiger partial charge in [0.2, 0.25) is 11.6 Å². The van der Waals surface area contributed by atoms with Gasteiger partial charge in [0.05, 0.1) is 28.2 Å². The standard InChI is InChI=1S/C19H14ClF3N6O4/c1-33-14-5-3-2-4-11(14)18(30)28-27-17-15(29(31)32)16(24-9-25-17)26-10-6-7-13(20)12(8-10)19(21,22)23/h2-9H,1H3,(H,28,30)(H2,24,25,26,27). The highest BCUT2D eigenvalue weighted by Gasteiger charge is 2.33. The summed E-state index contributed by atoms with van der Waals surface area (Å²) in [7, 11) is 1.37. The molecule has 0 aliphatic heterocycles. The molecular formula is C19H14ClF3N6O4. The number of hydrogen-bond donors (Lipinski definition) is 3. The lowest BCUT2D eigenvalue weighted by Gasteiger charge is -2.13. The molecule has 3 rings (SSSR count). The minimum Gasteiger partial charge on any atom is -0.496 e. The Labute approximate surface area is 188 Å². The van der Waals surface area contributed by atoms with Gasteiger partial charge >= 0.3 is 11.9 Å². The molecule has 172 valence electrons. The number of alkyl halides is 3. The number of ether oxygens (including phenoxy) is 1. The van der Waals surface area contributed by atoms with Crippen LogP contribution in [-0.4, -0.2) is 27.9 Å². The van der Waals surface area contributed by atoms with Gasteiger partial charge < -0.3 is 10.1 Å². The fraction of sp³-hybridized carbons (Fsp3) is 0.105. The fourth-order valence-corrected chi connectivity index (χ4v) is 2.93. The van der Waals surface area contributed by atoms with Crippen molar-refractivity contribution in [2.75, 3.05) is 17.9 Å². The van der Waals surface area contributed by atoms with Gasteiger partial charge in [-0.1, -0.05) is 23.7 Å². The summed E-state index contributed by atoms with van der Waals surface area (Å²) < 4.78 is 44.4. The Bertz CT molecular complexity index is 1210. The third-order valence-electron chi connectivity index (χ3n) is 4.19. The van der Waals surface area contributed by atoms with Gasteiger partial charge in [-0.2, -0.15) is 13.2 Å². The number of methoxy groups -OCH3 is 1. The van der Waals surface area contributed by atoms with Crippen LogP contribution in [0.1, 0.15) is 15.9 Å². The van der Waals surface area contributed by atoms with E-state index in [9.17, 15) is 28.1 Å². The Morgan fingerprint density at radius 3 is 2.52 bits per heavy atom. The summed E-state index contributed by atoms with van der Waals surface area (Å²) >= 11 is 5.59. The fourth-order valence-electron chi connectivity index (χ4n) is 2.71. The maximum absolute atomic E-state index is 13.1. The molecule has 3 aromatic rings. The molecule has 0 bridgehead atoms. The number of hydrazine groups is 1. The quantitative estimate of drug-likeness (QED) is 0.330. The van der Waals surface area contributed by atoms with Crippen LogP contribution in [0.25, 0.3) is 0 Å². The second kappa shape index (κ2) is 9.56. The number of carbonyl (C=O) groups excluding carboxylic acids is 1. The van der Waals surface area contributed by atoms with E-state index in [4.69, 9.17) is 16.3 Å². The lowest BCUT2D eigenvalue weighted by Crippen LogP contribution is -2.30. The van der Waals surface area contributed by atoms with Crippen molar-refractivity contribution >= 4 is 40.5 Å². The van der Waals surface area contributed by atoms with Crippen molar-refractivity contribution in [3.05, 3.63) is 75.1 Å². The number of hydrogen-bond acceptors (Lipinski definition) is 8. The predicted octanol–water partition coefficient (Wildman–Crippen LogP) is 4.57. The summed E-state index contributed by atoms with van der Waals surface area (Å²) in [6.45, 7) is 0. The van der Waals surface area contributed by atoms with E-state index in [-0.39, 0.29) is 17.0 Å². The molecule has 0 aliphatic carbocycles. The van der Waals surface area contributed by atoms with Crippen molar-refractivity contribution in [1.82, 2.24) is 15.4 Å². The molecule has 3 N–H and O–H groups in total. The first-order chi connectivity index (χ1) is 15.6. The SMILES string of the molecule is COc1ccccc1C(=O)NNc1ncnc(Nc2ccc(Cl)c(C(F)(F)F)c2)c1[N+](=O)[O-]. The minimum absolute atomic E-state index is 0.142. The Morgan fingerprint density at radius 1 is 1.15 bits per heavy atom. The maximum Gasteiger partial charge on any atom is 0.417 e. The van der Waals surface area contributed by atoms with E-state index in [0.29, 0.717) is 6.07 Å². The average molecular weight is 483 g/mol. The number of nitrogens with zero attached hydrogens (tertiary/aromatic N) is 3. The van der Waals surface area contributed by atoms with E-state index < -0.39 is 44.9 Å². The molecule has 0 spiro atoms. The monoisotopic (exact) mass is 482 g/mol. The molecule has 10 nitrogen and oxygen atoms in total. The lowest BCUT2D eigenvalue weighted by molar-refractivity contribution is -0.383. The summed E-state index contributed by atoms with van der Waals surface area (Å²) in [6, 6.07) is 9.13. The summed E-state index contributed by atoms with van der Waals surface area (Å²) in [5.74, 6) is -1.24. The third kappa shape index (κ3) is 5.38. The van der Waals surface area contributed by atoms with Crippen molar-refractivity contribution < 1.29 is 27.6 Å². The molecular weight excluding hydrogens is 469 g/mol. The largest absolute Gasteiger partial charge is 0.496 e. The number of benzene rings is 2. The maximum atomic E-state index is 13.1. The number of nitro groups is 1. The van der Waals surface area contributed by atoms with Gasteiger partial charge in [0, 0.05) is 5.69 Å². The van der Waals surface area contributed by atoms with E-state index in [0.717, 1.165) is 12.4 Å². The average Bonchev–Trinajstić information content (AvgIpc) is 2.77. The van der Waals surface area contributed by atoms with Crippen molar-refractivity contribution in [2.45, 2.75) is 6.18 Å². The van der Waals surface area contributed by atoms with E-state index in [1.165, 1.54) is 19.2 Å². The van der Waals surface area contributed by atoms with Gasteiger partial charge in [-0.05, 0) is 30.3 Å². The van der Waals surface area contributed by atoms with Gasteiger partial charge in [-0.15, -0.1) is 0 Å². The summed E-state index contributed by atoms with van der Waals surface area (Å²) in [6.07, 6.45) is -3.81. The first kappa shape index (κ1) is 23.5. The van der Waals surface area contributed by atoms with E-state index in [1.807, 2.05) is 0 Å². The lowest BCUT2D eigenvalue weighted by atomic mass is 10.2. The Kier molecular flexibility index (Phi) is 6.82.